The summed E-state index contributed by atoms with van der Waals surface area (Å²) in [6.07, 6.45) is 0.898. The molecule has 6 nitrogen and oxygen atoms in total. The summed E-state index contributed by atoms with van der Waals surface area (Å²) < 4.78 is 11.5. The average Bonchev–Trinajstić information content (AvgIpc) is 2.92. The van der Waals surface area contributed by atoms with Crippen molar-refractivity contribution in [2.75, 3.05) is 39.2 Å². The summed E-state index contributed by atoms with van der Waals surface area (Å²) >= 11 is 0. The van der Waals surface area contributed by atoms with Gasteiger partial charge in [0.1, 0.15) is 0 Å². The lowest BCUT2D eigenvalue weighted by Gasteiger charge is -2.14. The average molecular weight is 383 g/mol. The summed E-state index contributed by atoms with van der Waals surface area (Å²) in [6.45, 7) is 5.77. The number of hydrogen-bond donors (Lipinski definition) is 2. The van der Waals surface area contributed by atoms with E-state index in [1.165, 1.54) is 11.1 Å². The largest absolute Gasteiger partial charge is 0.490 e. The van der Waals surface area contributed by atoms with Crippen LogP contribution in [0, 0.1) is 0 Å². The maximum atomic E-state index is 5.77. The van der Waals surface area contributed by atoms with Crippen LogP contribution in [0.1, 0.15) is 24.5 Å². The van der Waals surface area contributed by atoms with E-state index < -0.39 is 0 Å². The van der Waals surface area contributed by atoms with E-state index in [0.29, 0.717) is 19.8 Å². The number of nitrogens with zero attached hydrogens (tertiary/aromatic N) is 2. The fraction of sp³-hybridized carbons (Fsp3) is 0.409. The Morgan fingerprint density at radius 2 is 1.71 bits per heavy atom. The van der Waals surface area contributed by atoms with Crippen LogP contribution in [-0.4, -0.2) is 44.7 Å². The van der Waals surface area contributed by atoms with Gasteiger partial charge < -0.3 is 25.0 Å². The zero-order valence-corrected chi connectivity index (χ0v) is 17.0. The van der Waals surface area contributed by atoms with Crippen LogP contribution in [-0.2, 0) is 13.1 Å². The Balaban J connectivity index is 1.66. The van der Waals surface area contributed by atoms with E-state index >= 15 is 0 Å². The number of aliphatic imine (C=N–C) groups is 1. The lowest BCUT2D eigenvalue weighted by molar-refractivity contribution is 0.297. The van der Waals surface area contributed by atoms with Crippen molar-refractivity contribution in [1.82, 2.24) is 10.2 Å². The van der Waals surface area contributed by atoms with Crippen molar-refractivity contribution in [3.8, 4) is 11.5 Å². The standard InChI is InChI=1S/C22H30N4O2/c1-4-23-22(24-15-17-6-8-18(9-7-17)16-26(2)3)25-19-10-11-20-21(14-19)28-13-5-12-27-20/h6-11,14H,4-5,12-13,15-16H2,1-3H3,(H2,23,24,25). The Labute approximate surface area is 167 Å². The molecule has 1 heterocycles. The molecule has 0 amide bonds. The molecule has 0 spiro atoms. The van der Waals surface area contributed by atoms with E-state index in [1.807, 2.05) is 18.2 Å². The highest BCUT2D eigenvalue weighted by molar-refractivity contribution is 5.93. The minimum atomic E-state index is 0.613. The molecular formula is C22H30N4O2. The number of fused-ring (bicyclic) bond motifs is 1. The van der Waals surface area contributed by atoms with Crippen LogP contribution in [0.5, 0.6) is 11.5 Å². The molecule has 0 atom stereocenters. The van der Waals surface area contributed by atoms with Gasteiger partial charge in [-0.25, -0.2) is 4.99 Å². The quantitative estimate of drug-likeness (QED) is 0.592. The predicted octanol–water partition coefficient (Wildman–Crippen LogP) is 3.49. The molecule has 1 aliphatic rings. The highest BCUT2D eigenvalue weighted by atomic mass is 16.5. The molecule has 0 radical (unpaired) electrons. The van der Waals surface area contributed by atoms with Gasteiger partial charge in [-0.2, -0.15) is 0 Å². The van der Waals surface area contributed by atoms with Gasteiger partial charge in [0.15, 0.2) is 17.5 Å². The highest BCUT2D eigenvalue weighted by Crippen LogP contribution is 2.32. The first kappa shape index (κ1) is 20.0. The minimum absolute atomic E-state index is 0.613. The Bertz CT molecular complexity index is 788. The van der Waals surface area contributed by atoms with Crippen LogP contribution in [0.3, 0.4) is 0 Å². The summed E-state index contributed by atoms with van der Waals surface area (Å²) in [7, 11) is 4.15. The summed E-state index contributed by atoms with van der Waals surface area (Å²) in [5, 5.41) is 6.65. The van der Waals surface area contributed by atoms with Crippen LogP contribution in [0.2, 0.25) is 0 Å². The summed E-state index contributed by atoms with van der Waals surface area (Å²) in [6, 6.07) is 14.5. The number of rotatable bonds is 6. The molecular weight excluding hydrogens is 352 g/mol. The minimum Gasteiger partial charge on any atom is -0.490 e. The molecule has 0 bridgehead atoms. The predicted molar refractivity (Wildman–Crippen MR) is 114 cm³/mol. The zero-order chi connectivity index (χ0) is 19.8. The molecule has 0 unspecified atom stereocenters. The van der Waals surface area contributed by atoms with Crippen LogP contribution in [0.4, 0.5) is 5.69 Å². The lowest BCUT2D eigenvalue weighted by Crippen LogP contribution is -2.30. The third-order valence-corrected chi connectivity index (χ3v) is 4.30. The Morgan fingerprint density at radius 1 is 1.00 bits per heavy atom. The SMILES string of the molecule is CCNC(=NCc1ccc(CN(C)C)cc1)Nc1ccc2c(c1)OCCCO2. The number of benzene rings is 2. The molecule has 28 heavy (non-hydrogen) atoms. The van der Waals surface area contributed by atoms with E-state index in [1.54, 1.807) is 0 Å². The summed E-state index contributed by atoms with van der Waals surface area (Å²) in [5.41, 5.74) is 3.40. The fourth-order valence-corrected chi connectivity index (χ4v) is 2.97. The molecule has 6 heteroatoms. The maximum Gasteiger partial charge on any atom is 0.196 e. The van der Waals surface area contributed by atoms with Crippen molar-refractivity contribution in [3.63, 3.8) is 0 Å². The van der Waals surface area contributed by atoms with Crippen LogP contribution in [0.25, 0.3) is 0 Å². The molecule has 0 saturated heterocycles. The number of nitrogens with one attached hydrogen (secondary N) is 2. The van der Waals surface area contributed by atoms with Crippen molar-refractivity contribution in [2.45, 2.75) is 26.4 Å². The van der Waals surface area contributed by atoms with E-state index in [-0.39, 0.29) is 0 Å². The third-order valence-electron chi connectivity index (χ3n) is 4.30. The van der Waals surface area contributed by atoms with Crippen molar-refractivity contribution in [1.29, 1.82) is 0 Å². The molecule has 2 aromatic rings. The van der Waals surface area contributed by atoms with E-state index in [9.17, 15) is 0 Å². The fourth-order valence-electron chi connectivity index (χ4n) is 2.97. The van der Waals surface area contributed by atoms with E-state index in [0.717, 1.165) is 42.7 Å². The molecule has 1 aliphatic heterocycles. The smallest absolute Gasteiger partial charge is 0.196 e. The van der Waals surface area contributed by atoms with Gasteiger partial charge in [-0.05, 0) is 44.3 Å². The van der Waals surface area contributed by atoms with Gasteiger partial charge in [-0.3, -0.25) is 0 Å². The Hall–Kier alpha value is -2.73. The molecule has 0 fully saturated rings. The molecule has 150 valence electrons. The molecule has 3 rings (SSSR count). The molecule has 0 aromatic heterocycles. The first-order valence-corrected chi connectivity index (χ1v) is 9.81. The zero-order valence-electron chi connectivity index (χ0n) is 17.0. The second kappa shape index (κ2) is 9.99. The van der Waals surface area contributed by atoms with E-state index in [4.69, 9.17) is 14.5 Å². The van der Waals surface area contributed by atoms with Crippen LogP contribution < -0.4 is 20.1 Å². The number of ether oxygens (including phenoxy) is 2. The van der Waals surface area contributed by atoms with Crippen molar-refractivity contribution in [2.24, 2.45) is 4.99 Å². The lowest BCUT2D eigenvalue weighted by atomic mass is 10.1. The van der Waals surface area contributed by atoms with Gasteiger partial charge in [0.05, 0.1) is 19.8 Å². The first-order chi connectivity index (χ1) is 13.6. The number of guanidine groups is 1. The Morgan fingerprint density at radius 3 is 2.43 bits per heavy atom. The highest BCUT2D eigenvalue weighted by Gasteiger charge is 2.11. The van der Waals surface area contributed by atoms with Gasteiger partial charge >= 0.3 is 0 Å². The molecule has 0 aliphatic carbocycles. The maximum absolute atomic E-state index is 5.77. The number of anilines is 1. The van der Waals surface area contributed by atoms with Crippen molar-refractivity contribution in [3.05, 3.63) is 53.6 Å². The van der Waals surface area contributed by atoms with Gasteiger partial charge in [0.25, 0.3) is 0 Å². The van der Waals surface area contributed by atoms with Gasteiger partial charge in [0, 0.05) is 31.3 Å². The monoisotopic (exact) mass is 382 g/mol. The van der Waals surface area contributed by atoms with Crippen LogP contribution >= 0.6 is 0 Å². The van der Waals surface area contributed by atoms with Gasteiger partial charge in [0.2, 0.25) is 0 Å². The van der Waals surface area contributed by atoms with Crippen molar-refractivity contribution >= 4 is 11.6 Å². The molecule has 2 aromatic carbocycles. The summed E-state index contributed by atoms with van der Waals surface area (Å²) in [5.74, 6) is 2.31. The first-order valence-electron chi connectivity index (χ1n) is 9.81. The second-order valence-corrected chi connectivity index (χ2v) is 7.09. The Kier molecular flexibility index (Phi) is 7.14. The van der Waals surface area contributed by atoms with Crippen LogP contribution in [0.15, 0.2) is 47.5 Å². The van der Waals surface area contributed by atoms with E-state index in [2.05, 4.69) is 60.8 Å². The van der Waals surface area contributed by atoms with Crippen molar-refractivity contribution < 1.29 is 9.47 Å². The second-order valence-electron chi connectivity index (χ2n) is 7.09. The normalized spacial score (nSPS) is 13.9. The summed E-state index contributed by atoms with van der Waals surface area (Å²) in [4.78, 5) is 6.87. The third kappa shape index (κ3) is 5.89. The topological polar surface area (TPSA) is 58.1 Å². The number of hydrogen-bond acceptors (Lipinski definition) is 4. The van der Waals surface area contributed by atoms with Gasteiger partial charge in [-0.15, -0.1) is 0 Å². The molecule has 0 saturated carbocycles. The van der Waals surface area contributed by atoms with Gasteiger partial charge in [-0.1, -0.05) is 24.3 Å². The molecule has 2 N–H and O–H groups in total.